The minimum absolute atomic E-state index is 0.158. The Morgan fingerprint density at radius 1 is 1.59 bits per heavy atom. The second kappa shape index (κ2) is 4.46. The number of aliphatic hydroxyl groups is 1. The van der Waals surface area contributed by atoms with Crippen molar-refractivity contribution in [2.45, 2.75) is 25.9 Å². The Balaban J connectivity index is 1.95. The summed E-state index contributed by atoms with van der Waals surface area (Å²) in [5.74, 6) is 0.295. The number of amides is 1. The van der Waals surface area contributed by atoms with Crippen LogP contribution in [0.1, 0.15) is 28.6 Å². The molecule has 2 rings (SSSR count). The van der Waals surface area contributed by atoms with Crippen LogP contribution in [0.5, 0.6) is 0 Å². The molecule has 1 amide bonds. The van der Waals surface area contributed by atoms with Gasteiger partial charge in [0, 0.05) is 26.5 Å². The highest BCUT2D eigenvalue weighted by Gasteiger charge is 2.33. The summed E-state index contributed by atoms with van der Waals surface area (Å²) in [6.07, 6.45) is 0.529. The molecule has 0 radical (unpaired) electrons. The number of hydrogen-bond donors (Lipinski definition) is 2. The minimum Gasteiger partial charge on any atom is -0.436 e. The van der Waals surface area contributed by atoms with Crippen molar-refractivity contribution >= 4 is 5.91 Å². The molecule has 1 aromatic heterocycles. The Morgan fingerprint density at radius 3 is 2.88 bits per heavy atom. The second-order valence-electron chi connectivity index (χ2n) is 4.36. The molecule has 94 valence electrons. The Morgan fingerprint density at radius 2 is 2.35 bits per heavy atom. The number of ether oxygens (including phenoxy) is 1. The quantitative estimate of drug-likeness (QED) is 0.787. The van der Waals surface area contributed by atoms with E-state index in [1.54, 1.807) is 13.8 Å². The molecule has 1 aliphatic rings. The van der Waals surface area contributed by atoms with E-state index in [9.17, 15) is 9.90 Å². The number of hydrogen-bond acceptors (Lipinski definition) is 5. The van der Waals surface area contributed by atoms with Crippen LogP contribution in [0.3, 0.4) is 0 Å². The molecule has 0 saturated carbocycles. The highest BCUT2D eigenvalue weighted by molar-refractivity contribution is 5.92. The molecule has 0 aliphatic carbocycles. The lowest BCUT2D eigenvalue weighted by Crippen LogP contribution is -2.43. The highest BCUT2D eigenvalue weighted by atomic mass is 16.5. The van der Waals surface area contributed by atoms with Crippen molar-refractivity contribution in [1.29, 1.82) is 0 Å². The molecular formula is C11H16N2O4. The Hall–Kier alpha value is -1.40. The van der Waals surface area contributed by atoms with Gasteiger partial charge in [0.25, 0.3) is 5.91 Å². The summed E-state index contributed by atoms with van der Waals surface area (Å²) in [6.45, 7) is 4.32. The molecule has 1 aliphatic heterocycles. The number of aromatic nitrogens is 1. The normalized spacial score (nSPS) is 23.9. The summed E-state index contributed by atoms with van der Waals surface area (Å²) in [5.41, 5.74) is -0.409. The van der Waals surface area contributed by atoms with Gasteiger partial charge in [0.15, 0.2) is 5.89 Å². The molecule has 1 unspecified atom stereocenters. The highest BCUT2D eigenvalue weighted by Crippen LogP contribution is 2.17. The molecule has 1 aromatic rings. The van der Waals surface area contributed by atoms with E-state index in [4.69, 9.17) is 9.15 Å². The fourth-order valence-corrected chi connectivity index (χ4v) is 1.80. The minimum atomic E-state index is -0.960. The first kappa shape index (κ1) is 12.1. The summed E-state index contributed by atoms with van der Waals surface area (Å²) in [7, 11) is 0. The molecule has 1 saturated heterocycles. The van der Waals surface area contributed by atoms with E-state index in [-0.39, 0.29) is 24.8 Å². The number of aryl methyl sites for hydroxylation is 2. The van der Waals surface area contributed by atoms with Gasteiger partial charge in [0.05, 0.1) is 12.3 Å². The van der Waals surface area contributed by atoms with Gasteiger partial charge in [-0.2, -0.15) is 0 Å². The van der Waals surface area contributed by atoms with Gasteiger partial charge in [-0.3, -0.25) is 4.79 Å². The smallest absolute Gasteiger partial charge is 0.289 e. The van der Waals surface area contributed by atoms with Gasteiger partial charge in [0.1, 0.15) is 5.60 Å². The van der Waals surface area contributed by atoms with Crippen LogP contribution < -0.4 is 5.32 Å². The van der Waals surface area contributed by atoms with Gasteiger partial charge < -0.3 is 19.6 Å². The van der Waals surface area contributed by atoms with Crippen molar-refractivity contribution in [2.24, 2.45) is 0 Å². The molecule has 1 atom stereocenters. The maximum absolute atomic E-state index is 11.8. The molecule has 6 heteroatoms. The van der Waals surface area contributed by atoms with E-state index in [1.165, 1.54) is 0 Å². The largest absolute Gasteiger partial charge is 0.436 e. The van der Waals surface area contributed by atoms with Crippen LogP contribution in [-0.4, -0.2) is 41.4 Å². The van der Waals surface area contributed by atoms with E-state index < -0.39 is 5.60 Å². The summed E-state index contributed by atoms with van der Waals surface area (Å²) in [5, 5.41) is 12.6. The second-order valence-corrected chi connectivity index (χ2v) is 4.36. The van der Waals surface area contributed by atoms with Gasteiger partial charge >= 0.3 is 0 Å². The number of nitrogens with zero attached hydrogens (tertiary/aromatic N) is 1. The predicted molar refractivity (Wildman–Crippen MR) is 58.7 cm³/mol. The van der Waals surface area contributed by atoms with Crippen LogP contribution in [0.2, 0.25) is 0 Å². The third-order valence-corrected chi connectivity index (χ3v) is 2.77. The third kappa shape index (κ3) is 2.65. The summed E-state index contributed by atoms with van der Waals surface area (Å²) < 4.78 is 10.3. The molecule has 2 N–H and O–H groups in total. The number of nitrogens with one attached hydrogen (secondary N) is 1. The average Bonchev–Trinajstić information content (AvgIpc) is 2.83. The number of carbonyl (C=O) groups excluding carboxylic acids is 1. The lowest BCUT2D eigenvalue weighted by molar-refractivity contribution is 0.0261. The SMILES string of the molecule is Cc1nc(C)c(C(=O)NCC2(O)CCOC2)o1. The molecule has 1 fully saturated rings. The lowest BCUT2D eigenvalue weighted by Gasteiger charge is -2.20. The van der Waals surface area contributed by atoms with Crippen molar-refractivity contribution in [3.05, 3.63) is 17.3 Å². The van der Waals surface area contributed by atoms with Gasteiger partial charge in [0.2, 0.25) is 5.76 Å². The standard InChI is InChI=1S/C11H16N2O4/c1-7-9(17-8(2)13-7)10(14)12-5-11(15)3-4-16-6-11/h15H,3-6H2,1-2H3,(H,12,14). The van der Waals surface area contributed by atoms with Crippen molar-refractivity contribution in [3.63, 3.8) is 0 Å². The first-order valence-corrected chi connectivity index (χ1v) is 5.52. The van der Waals surface area contributed by atoms with E-state index in [2.05, 4.69) is 10.3 Å². The van der Waals surface area contributed by atoms with Crippen molar-refractivity contribution in [3.8, 4) is 0 Å². The zero-order valence-electron chi connectivity index (χ0n) is 9.95. The number of rotatable bonds is 3. The molecule has 0 aromatic carbocycles. The Bertz CT molecular complexity index is 421. The van der Waals surface area contributed by atoms with Crippen molar-refractivity contribution in [1.82, 2.24) is 10.3 Å². The summed E-state index contributed by atoms with van der Waals surface area (Å²) in [6, 6.07) is 0. The molecule has 0 spiro atoms. The maximum atomic E-state index is 11.8. The predicted octanol–water partition coefficient (Wildman–Crippen LogP) is 0.173. The topological polar surface area (TPSA) is 84.6 Å². The zero-order chi connectivity index (χ0) is 12.5. The number of oxazole rings is 1. The molecule has 2 heterocycles. The monoisotopic (exact) mass is 240 g/mol. The number of carbonyl (C=O) groups is 1. The van der Waals surface area contributed by atoms with Gasteiger partial charge in [-0.15, -0.1) is 0 Å². The third-order valence-electron chi connectivity index (χ3n) is 2.77. The van der Waals surface area contributed by atoms with Crippen LogP contribution in [0, 0.1) is 13.8 Å². The van der Waals surface area contributed by atoms with E-state index in [1.807, 2.05) is 0 Å². The van der Waals surface area contributed by atoms with Crippen LogP contribution in [0.4, 0.5) is 0 Å². The molecule has 6 nitrogen and oxygen atoms in total. The first-order chi connectivity index (χ1) is 8.00. The van der Waals surface area contributed by atoms with Gasteiger partial charge in [-0.25, -0.2) is 4.98 Å². The fourth-order valence-electron chi connectivity index (χ4n) is 1.80. The van der Waals surface area contributed by atoms with Crippen LogP contribution in [0.15, 0.2) is 4.42 Å². The van der Waals surface area contributed by atoms with Gasteiger partial charge in [-0.1, -0.05) is 0 Å². The Kier molecular flexibility index (Phi) is 3.17. The summed E-state index contributed by atoms with van der Waals surface area (Å²) >= 11 is 0. The van der Waals surface area contributed by atoms with Crippen molar-refractivity contribution < 1.29 is 19.1 Å². The lowest BCUT2D eigenvalue weighted by atomic mass is 10.0. The summed E-state index contributed by atoms with van der Waals surface area (Å²) in [4.78, 5) is 15.8. The average molecular weight is 240 g/mol. The van der Waals surface area contributed by atoms with E-state index in [0.29, 0.717) is 24.6 Å². The maximum Gasteiger partial charge on any atom is 0.289 e. The molecule has 0 bridgehead atoms. The van der Waals surface area contributed by atoms with Crippen LogP contribution in [0.25, 0.3) is 0 Å². The molecular weight excluding hydrogens is 224 g/mol. The van der Waals surface area contributed by atoms with E-state index in [0.717, 1.165) is 0 Å². The first-order valence-electron chi connectivity index (χ1n) is 5.52. The zero-order valence-corrected chi connectivity index (χ0v) is 9.95. The fraction of sp³-hybridized carbons (Fsp3) is 0.636. The van der Waals surface area contributed by atoms with Crippen molar-refractivity contribution in [2.75, 3.05) is 19.8 Å². The van der Waals surface area contributed by atoms with Gasteiger partial charge in [-0.05, 0) is 6.92 Å². The molecule has 17 heavy (non-hydrogen) atoms. The van der Waals surface area contributed by atoms with E-state index >= 15 is 0 Å². The van der Waals surface area contributed by atoms with Crippen LogP contribution in [-0.2, 0) is 4.74 Å². The van der Waals surface area contributed by atoms with Crippen LogP contribution >= 0.6 is 0 Å². The Labute approximate surface area is 99.0 Å².